The number of anilines is 1. The summed E-state index contributed by atoms with van der Waals surface area (Å²) >= 11 is 0. The zero-order valence-corrected chi connectivity index (χ0v) is 8.85. The maximum atomic E-state index is 8.85. The number of rotatable bonds is 4. The van der Waals surface area contributed by atoms with E-state index in [1.54, 1.807) is 0 Å². The first-order valence-electron chi connectivity index (χ1n) is 5.17. The highest BCUT2D eigenvalue weighted by Crippen LogP contribution is 2.17. The highest BCUT2D eigenvalue weighted by Gasteiger charge is 2.19. The molecule has 1 aliphatic rings. The van der Waals surface area contributed by atoms with Gasteiger partial charge in [-0.1, -0.05) is 0 Å². The third-order valence-electron chi connectivity index (χ3n) is 2.53. The summed E-state index contributed by atoms with van der Waals surface area (Å²) in [6.45, 7) is 1.55. The lowest BCUT2D eigenvalue weighted by molar-refractivity contribution is 0.115. The molecule has 1 aliphatic heterocycles. The van der Waals surface area contributed by atoms with Gasteiger partial charge in [0, 0.05) is 20.2 Å². The molecule has 1 aromatic heterocycles. The van der Waals surface area contributed by atoms with Crippen molar-refractivity contribution < 1.29 is 14.3 Å². The lowest BCUT2D eigenvalue weighted by Crippen LogP contribution is -2.28. The monoisotopic (exact) mass is 212 g/mol. The number of aromatic nitrogens is 1. The zero-order chi connectivity index (χ0) is 10.7. The Labute approximate surface area is 88.7 Å². The van der Waals surface area contributed by atoms with Crippen molar-refractivity contribution in [3.8, 4) is 0 Å². The molecule has 2 heterocycles. The summed E-state index contributed by atoms with van der Waals surface area (Å²) in [5, 5.41) is 8.85. The summed E-state index contributed by atoms with van der Waals surface area (Å²) in [6, 6.07) is 0.537. The van der Waals surface area contributed by atoms with E-state index in [2.05, 4.69) is 4.98 Å². The highest BCUT2D eigenvalue weighted by molar-refractivity contribution is 5.25. The quantitative estimate of drug-likeness (QED) is 0.799. The molecule has 1 fully saturated rings. The largest absolute Gasteiger partial charge is 0.432 e. The van der Waals surface area contributed by atoms with Gasteiger partial charge in [0.1, 0.15) is 12.0 Å². The van der Waals surface area contributed by atoms with Crippen molar-refractivity contribution in [2.24, 2.45) is 0 Å². The summed E-state index contributed by atoms with van der Waals surface area (Å²) in [5.41, 5.74) is 0.559. The van der Waals surface area contributed by atoms with Gasteiger partial charge in [0.25, 0.3) is 6.01 Å². The minimum Gasteiger partial charge on any atom is -0.432 e. The Balaban J connectivity index is 1.91. The van der Waals surface area contributed by atoms with Crippen molar-refractivity contribution in [1.82, 2.24) is 4.98 Å². The molecule has 5 nitrogen and oxygen atoms in total. The van der Waals surface area contributed by atoms with Gasteiger partial charge in [0.2, 0.25) is 0 Å². The van der Waals surface area contributed by atoms with Crippen LogP contribution < -0.4 is 4.90 Å². The SMILES string of the molecule is CN(CC1CCCO1)c1nc(CO)co1. The second kappa shape index (κ2) is 4.63. The Morgan fingerprint density at radius 1 is 1.67 bits per heavy atom. The van der Waals surface area contributed by atoms with E-state index in [0.717, 1.165) is 26.0 Å². The number of hydrogen-bond acceptors (Lipinski definition) is 5. The fourth-order valence-corrected chi connectivity index (χ4v) is 1.72. The number of hydrogen-bond donors (Lipinski definition) is 1. The van der Waals surface area contributed by atoms with Crippen LogP contribution in [0.4, 0.5) is 6.01 Å². The van der Waals surface area contributed by atoms with Gasteiger partial charge in [-0.05, 0) is 12.8 Å². The maximum absolute atomic E-state index is 8.85. The molecule has 1 unspecified atom stereocenters. The van der Waals surface area contributed by atoms with Gasteiger partial charge in [-0.3, -0.25) is 0 Å². The second-order valence-corrected chi connectivity index (χ2v) is 3.80. The predicted molar refractivity (Wildman–Crippen MR) is 54.7 cm³/mol. The summed E-state index contributed by atoms with van der Waals surface area (Å²) in [4.78, 5) is 6.04. The van der Waals surface area contributed by atoms with Crippen molar-refractivity contribution in [2.75, 3.05) is 25.1 Å². The Morgan fingerprint density at radius 3 is 3.13 bits per heavy atom. The van der Waals surface area contributed by atoms with Crippen LogP contribution in [0.3, 0.4) is 0 Å². The van der Waals surface area contributed by atoms with Gasteiger partial charge >= 0.3 is 0 Å². The van der Waals surface area contributed by atoms with E-state index in [1.807, 2.05) is 11.9 Å². The van der Waals surface area contributed by atoms with Crippen molar-refractivity contribution in [3.05, 3.63) is 12.0 Å². The lowest BCUT2D eigenvalue weighted by Gasteiger charge is -2.18. The molecule has 0 saturated carbocycles. The van der Waals surface area contributed by atoms with E-state index in [-0.39, 0.29) is 12.7 Å². The highest BCUT2D eigenvalue weighted by atomic mass is 16.5. The standard InChI is InChI=1S/C10H16N2O3/c1-12(5-9-3-2-4-14-9)10-11-8(6-13)7-15-10/h7,9,13H,2-6H2,1H3. The molecule has 1 aromatic rings. The topological polar surface area (TPSA) is 58.7 Å². The molecular weight excluding hydrogens is 196 g/mol. The first-order valence-corrected chi connectivity index (χ1v) is 5.17. The number of likely N-dealkylation sites (N-methyl/N-ethyl adjacent to an activating group) is 1. The minimum absolute atomic E-state index is 0.0860. The van der Waals surface area contributed by atoms with Crippen molar-refractivity contribution in [3.63, 3.8) is 0 Å². The Kier molecular flexibility index (Phi) is 3.23. The predicted octanol–water partition coefficient (Wildman–Crippen LogP) is 0.782. The summed E-state index contributed by atoms with van der Waals surface area (Å²) < 4.78 is 10.7. The fraction of sp³-hybridized carbons (Fsp3) is 0.700. The lowest BCUT2D eigenvalue weighted by atomic mass is 10.2. The van der Waals surface area contributed by atoms with Gasteiger partial charge in [0.15, 0.2) is 0 Å². The number of aliphatic hydroxyl groups excluding tert-OH is 1. The first kappa shape index (κ1) is 10.4. The molecule has 5 heteroatoms. The van der Waals surface area contributed by atoms with E-state index in [9.17, 15) is 0 Å². The third kappa shape index (κ3) is 2.49. The van der Waals surface area contributed by atoms with E-state index < -0.39 is 0 Å². The molecule has 15 heavy (non-hydrogen) atoms. The molecular formula is C10H16N2O3. The molecule has 0 amide bonds. The van der Waals surface area contributed by atoms with Crippen LogP contribution in [0.1, 0.15) is 18.5 Å². The molecule has 0 aliphatic carbocycles. The smallest absolute Gasteiger partial charge is 0.297 e. The van der Waals surface area contributed by atoms with Crippen molar-refractivity contribution in [1.29, 1.82) is 0 Å². The van der Waals surface area contributed by atoms with Crippen LogP contribution in [0.2, 0.25) is 0 Å². The molecule has 0 spiro atoms. The Hall–Kier alpha value is -1.07. The first-order chi connectivity index (χ1) is 7.29. The fourth-order valence-electron chi connectivity index (χ4n) is 1.72. The van der Waals surface area contributed by atoms with Crippen LogP contribution in [-0.4, -0.2) is 36.4 Å². The van der Waals surface area contributed by atoms with Crippen LogP contribution in [-0.2, 0) is 11.3 Å². The van der Waals surface area contributed by atoms with Crippen LogP contribution in [0, 0.1) is 0 Å². The second-order valence-electron chi connectivity index (χ2n) is 3.80. The summed E-state index contributed by atoms with van der Waals surface area (Å²) in [6.07, 6.45) is 3.98. The van der Waals surface area contributed by atoms with Crippen molar-refractivity contribution >= 4 is 6.01 Å². The van der Waals surface area contributed by atoms with Crippen LogP contribution in [0.5, 0.6) is 0 Å². The van der Waals surface area contributed by atoms with Crippen molar-refractivity contribution in [2.45, 2.75) is 25.6 Å². The number of oxazole rings is 1. The average Bonchev–Trinajstić information content (AvgIpc) is 2.86. The Morgan fingerprint density at radius 2 is 2.53 bits per heavy atom. The minimum atomic E-state index is -0.0860. The van der Waals surface area contributed by atoms with Gasteiger partial charge < -0.3 is 19.2 Å². The molecule has 0 radical (unpaired) electrons. The molecule has 2 rings (SSSR count). The molecule has 84 valence electrons. The molecule has 0 bridgehead atoms. The number of nitrogens with zero attached hydrogens (tertiary/aromatic N) is 2. The van der Waals surface area contributed by atoms with Gasteiger partial charge in [0.05, 0.1) is 12.7 Å². The van der Waals surface area contributed by atoms with E-state index in [0.29, 0.717) is 11.7 Å². The Bertz CT molecular complexity index is 307. The molecule has 0 aromatic carbocycles. The summed E-state index contributed by atoms with van der Waals surface area (Å²) in [7, 11) is 1.91. The molecule has 1 atom stereocenters. The normalized spacial score (nSPS) is 20.8. The van der Waals surface area contributed by atoms with Gasteiger partial charge in [-0.15, -0.1) is 0 Å². The van der Waals surface area contributed by atoms with E-state index >= 15 is 0 Å². The van der Waals surface area contributed by atoms with E-state index in [4.69, 9.17) is 14.3 Å². The maximum Gasteiger partial charge on any atom is 0.297 e. The molecule has 1 saturated heterocycles. The number of ether oxygens (including phenoxy) is 1. The van der Waals surface area contributed by atoms with Gasteiger partial charge in [-0.25, -0.2) is 0 Å². The molecule has 1 N–H and O–H groups in total. The number of aliphatic hydroxyl groups is 1. The van der Waals surface area contributed by atoms with E-state index in [1.165, 1.54) is 6.26 Å². The third-order valence-corrected chi connectivity index (χ3v) is 2.53. The average molecular weight is 212 g/mol. The summed E-state index contributed by atoms with van der Waals surface area (Å²) in [5.74, 6) is 0. The van der Waals surface area contributed by atoms with Crippen LogP contribution >= 0.6 is 0 Å². The zero-order valence-electron chi connectivity index (χ0n) is 8.85. The van der Waals surface area contributed by atoms with Gasteiger partial charge in [-0.2, -0.15) is 4.98 Å². The van der Waals surface area contributed by atoms with Crippen LogP contribution in [0.25, 0.3) is 0 Å². The van der Waals surface area contributed by atoms with Crippen LogP contribution in [0.15, 0.2) is 10.7 Å².